The third-order valence-corrected chi connectivity index (χ3v) is 7.75. The Labute approximate surface area is 193 Å². The fourth-order valence-electron chi connectivity index (χ4n) is 5.76. The number of amides is 1. The molecule has 0 unspecified atom stereocenters. The number of hydrogen-bond acceptors (Lipinski definition) is 5. The second kappa shape index (κ2) is 11.5. The highest BCUT2D eigenvalue weighted by atomic mass is 16.7. The lowest BCUT2D eigenvalue weighted by Gasteiger charge is -2.35. The summed E-state index contributed by atoms with van der Waals surface area (Å²) in [5, 5.41) is 3.16. The largest absolute Gasteiger partial charge is 0.493 e. The van der Waals surface area contributed by atoms with Gasteiger partial charge >= 0.3 is 0 Å². The van der Waals surface area contributed by atoms with Crippen LogP contribution in [0.5, 0.6) is 5.75 Å². The van der Waals surface area contributed by atoms with Crippen molar-refractivity contribution in [2.75, 3.05) is 40.5 Å². The molecule has 32 heavy (non-hydrogen) atoms. The Morgan fingerprint density at radius 3 is 2.59 bits per heavy atom. The number of hydrogen-bond donors (Lipinski definition) is 1. The van der Waals surface area contributed by atoms with E-state index < -0.39 is 6.29 Å². The van der Waals surface area contributed by atoms with Crippen molar-refractivity contribution in [1.29, 1.82) is 0 Å². The minimum Gasteiger partial charge on any atom is -0.493 e. The second-order valence-electron chi connectivity index (χ2n) is 9.72. The minimum atomic E-state index is -0.452. The fraction of sp³-hybridized carbons (Fsp3) is 0.731. The Balaban J connectivity index is 1.13. The molecule has 0 radical (unpaired) electrons. The minimum absolute atomic E-state index is 0.0284. The van der Waals surface area contributed by atoms with Crippen LogP contribution < -0.4 is 10.1 Å². The molecule has 1 N–H and O–H groups in total. The molecule has 1 aliphatic carbocycles. The van der Waals surface area contributed by atoms with Crippen molar-refractivity contribution in [2.45, 2.75) is 76.0 Å². The lowest BCUT2D eigenvalue weighted by atomic mass is 9.83. The summed E-state index contributed by atoms with van der Waals surface area (Å²) < 4.78 is 16.0. The monoisotopic (exact) mass is 444 g/mol. The highest BCUT2D eigenvalue weighted by molar-refractivity contribution is 5.76. The first kappa shape index (κ1) is 23.5. The molecule has 1 saturated carbocycles. The summed E-state index contributed by atoms with van der Waals surface area (Å²) in [6.45, 7) is 4.48. The Bertz CT molecular complexity index is 735. The van der Waals surface area contributed by atoms with Gasteiger partial charge < -0.3 is 24.4 Å². The van der Waals surface area contributed by atoms with Crippen LogP contribution in [0.3, 0.4) is 0 Å². The first-order valence-electron chi connectivity index (χ1n) is 12.5. The van der Waals surface area contributed by atoms with E-state index >= 15 is 0 Å². The molecule has 2 fully saturated rings. The van der Waals surface area contributed by atoms with Crippen molar-refractivity contribution < 1.29 is 19.0 Å². The van der Waals surface area contributed by atoms with Crippen molar-refractivity contribution in [3.05, 3.63) is 29.3 Å². The van der Waals surface area contributed by atoms with Crippen molar-refractivity contribution >= 4 is 5.91 Å². The first-order chi connectivity index (χ1) is 15.7. The summed E-state index contributed by atoms with van der Waals surface area (Å²) in [6.07, 6.45) is 9.31. The van der Waals surface area contributed by atoms with Gasteiger partial charge in [0.25, 0.3) is 0 Å². The summed E-state index contributed by atoms with van der Waals surface area (Å²) in [5.74, 6) is 2.63. The summed E-state index contributed by atoms with van der Waals surface area (Å²) in [6, 6.07) is 6.92. The van der Waals surface area contributed by atoms with E-state index in [0.29, 0.717) is 12.0 Å². The predicted molar refractivity (Wildman–Crippen MR) is 125 cm³/mol. The van der Waals surface area contributed by atoms with E-state index in [-0.39, 0.29) is 12.3 Å². The van der Waals surface area contributed by atoms with Crippen LogP contribution >= 0.6 is 0 Å². The molecule has 0 bridgehead atoms. The number of benzene rings is 1. The zero-order valence-corrected chi connectivity index (χ0v) is 19.8. The average molecular weight is 445 g/mol. The summed E-state index contributed by atoms with van der Waals surface area (Å²) in [5.41, 5.74) is 3.01. The third-order valence-electron chi connectivity index (χ3n) is 7.75. The molecule has 0 aromatic heterocycles. The number of carbonyl (C=O) groups excluding carboxylic acids is 1. The lowest BCUT2D eigenvalue weighted by molar-refractivity contribution is -0.140. The van der Waals surface area contributed by atoms with Crippen LogP contribution in [0.15, 0.2) is 18.2 Å². The summed E-state index contributed by atoms with van der Waals surface area (Å²) in [4.78, 5) is 14.8. The number of nitrogens with zero attached hydrogens (tertiary/aromatic N) is 1. The van der Waals surface area contributed by atoms with E-state index in [1.165, 1.54) is 57.3 Å². The number of ether oxygens (including phenoxy) is 3. The van der Waals surface area contributed by atoms with Crippen molar-refractivity contribution in [3.63, 3.8) is 0 Å². The molecule has 178 valence electrons. The first-order valence-corrected chi connectivity index (χ1v) is 12.5. The molecule has 1 aromatic rings. The van der Waals surface area contributed by atoms with Crippen LogP contribution in [0.25, 0.3) is 0 Å². The lowest BCUT2D eigenvalue weighted by Crippen LogP contribution is -2.40. The zero-order chi connectivity index (χ0) is 22.3. The topological polar surface area (TPSA) is 60.0 Å². The van der Waals surface area contributed by atoms with E-state index in [2.05, 4.69) is 28.4 Å². The number of rotatable bonds is 9. The predicted octanol–water partition coefficient (Wildman–Crippen LogP) is 3.88. The smallest absolute Gasteiger partial charge is 0.225 e. The normalized spacial score (nSPS) is 24.3. The van der Waals surface area contributed by atoms with Gasteiger partial charge in [0.05, 0.1) is 13.0 Å². The SMILES string of the molecule is COC(CC(=O)N[C@H]1CC[C@H](CCN2CCC(c3cccc4c3CCO4)CC2)CC1)OC. The van der Waals surface area contributed by atoms with Crippen LogP contribution in [0, 0.1) is 5.92 Å². The van der Waals surface area contributed by atoms with Crippen molar-refractivity contribution in [2.24, 2.45) is 5.92 Å². The Morgan fingerprint density at radius 1 is 1.12 bits per heavy atom. The Kier molecular flexibility index (Phi) is 8.44. The second-order valence-corrected chi connectivity index (χ2v) is 9.72. The highest BCUT2D eigenvalue weighted by Crippen LogP contribution is 2.37. The van der Waals surface area contributed by atoms with Gasteiger partial charge in [0, 0.05) is 32.2 Å². The summed E-state index contributed by atoms with van der Waals surface area (Å²) >= 11 is 0. The van der Waals surface area contributed by atoms with Crippen LogP contribution in [-0.4, -0.2) is 63.6 Å². The molecule has 2 aliphatic heterocycles. The molecule has 0 atom stereocenters. The summed E-state index contributed by atoms with van der Waals surface area (Å²) in [7, 11) is 3.13. The standard InChI is InChI=1S/C26H40N2O4/c1-30-26(31-2)18-25(29)27-21-8-6-19(7-9-21)10-14-28-15-11-20(12-16-28)22-4-3-5-24-23(22)13-17-32-24/h3-5,19-21,26H,6-18H2,1-2H3,(H,27,29)/t19-,21-. The van der Waals surface area contributed by atoms with Gasteiger partial charge in [0.15, 0.2) is 6.29 Å². The quantitative estimate of drug-likeness (QED) is 0.586. The van der Waals surface area contributed by atoms with E-state index in [0.717, 1.165) is 37.5 Å². The van der Waals surface area contributed by atoms with E-state index in [9.17, 15) is 4.79 Å². The number of piperidine rings is 1. The number of likely N-dealkylation sites (tertiary alicyclic amines) is 1. The van der Waals surface area contributed by atoms with Crippen molar-refractivity contribution in [1.82, 2.24) is 10.2 Å². The van der Waals surface area contributed by atoms with E-state index in [1.807, 2.05) is 0 Å². The maximum Gasteiger partial charge on any atom is 0.225 e. The molecular weight excluding hydrogens is 404 g/mol. The van der Waals surface area contributed by atoms with Crippen LogP contribution in [-0.2, 0) is 20.7 Å². The number of fused-ring (bicyclic) bond motifs is 1. The van der Waals surface area contributed by atoms with Gasteiger partial charge in [-0.3, -0.25) is 4.79 Å². The number of carbonyl (C=O) groups is 1. The number of methoxy groups -OCH3 is 2. The molecule has 6 heteroatoms. The van der Waals surface area contributed by atoms with E-state index in [4.69, 9.17) is 14.2 Å². The average Bonchev–Trinajstić information content (AvgIpc) is 3.31. The van der Waals surface area contributed by atoms with E-state index in [1.54, 1.807) is 19.8 Å². The van der Waals surface area contributed by atoms with Crippen molar-refractivity contribution in [3.8, 4) is 5.75 Å². The van der Waals surface area contributed by atoms with Gasteiger partial charge in [-0.15, -0.1) is 0 Å². The van der Waals surface area contributed by atoms with Gasteiger partial charge in [-0.25, -0.2) is 0 Å². The van der Waals surface area contributed by atoms with Gasteiger partial charge in [-0.2, -0.15) is 0 Å². The molecule has 6 nitrogen and oxygen atoms in total. The Morgan fingerprint density at radius 2 is 1.88 bits per heavy atom. The molecule has 3 aliphatic rings. The van der Waals surface area contributed by atoms with Gasteiger partial charge in [0.1, 0.15) is 5.75 Å². The molecule has 1 aromatic carbocycles. The molecule has 1 amide bonds. The molecular formula is C26H40N2O4. The maximum atomic E-state index is 12.2. The zero-order valence-electron chi connectivity index (χ0n) is 19.8. The van der Waals surface area contributed by atoms with Crippen LogP contribution in [0.2, 0.25) is 0 Å². The van der Waals surface area contributed by atoms with Crippen LogP contribution in [0.4, 0.5) is 0 Å². The third kappa shape index (κ3) is 6.03. The molecule has 1 saturated heterocycles. The molecule has 0 spiro atoms. The maximum absolute atomic E-state index is 12.2. The Hall–Kier alpha value is -1.63. The fourth-order valence-corrected chi connectivity index (χ4v) is 5.76. The van der Waals surface area contributed by atoms with Gasteiger partial charge in [-0.05, 0) is 88.0 Å². The molecule has 4 rings (SSSR count). The number of nitrogens with one attached hydrogen (secondary N) is 1. The van der Waals surface area contributed by atoms with Gasteiger partial charge in [-0.1, -0.05) is 12.1 Å². The van der Waals surface area contributed by atoms with Gasteiger partial charge in [0.2, 0.25) is 5.91 Å². The van der Waals surface area contributed by atoms with Crippen LogP contribution in [0.1, 0.15) is 68.4 Å². The highest BCUT2D eigenvalue weighted by Gasteiger charge is 2.27. The molecule has 2 heterocycles.